The molecule has 0 spiro atoms. The Bertz CT molecular complexity index is 3890. The number of fused-ring (bicyclic) bond motifs is 9. The third-order valence-electron chi connectivity index (χ3n) is 19.0. The zero-order valence-corrected chi connectivity index (χ0v) is 50.1. The van der Waals surface area contributed by atoms with Crippen molar-refractivity contribution < 1.29 is 0 Å². The van der Waals surface area contributed by atoms with E-state index in [1.165, 1.54) is 115 Å². The molecular formula is C73H78BN3S. The molecule has 394 valence electrons. The molecule has 0 unspecified atom stereocenters. The second kappa shape index (κ2) is 17.0. The molecule has 2 aliphatic carbocycles. The lowest BCUT2D eigenvalue weighted by Crippen LogP contribution is -2.62. The number of hydrogen-bond acceptors (Lipinski definition) is 4. The van der Waals surface area contributed by atoms with E-state index in [1.54, 1.807) is 0 Å². The number of nitrogens with zero attached hydrogens (tertiary/aromatic N) is 3. The van der Waals surface area contributed by atoms with Crippen molar-refractivity contribution in [2.45, 2.75) is 163 Å². The molecule has 3 nitrogen and oxygen atoms in total. The summed E-state index contributed by atoms with van der Waals surface area (Å²) in [4.78, 5) is 7.91. The van der Waals surface area contributed by atoms with Gasteiger partial charge in [-0.15, -0.1) is 11.3 Å². The summed E-state index contributed by atoms with van der Waals surface area (Å²) in [7, 11) is 0. The highest BCUT2D eigenvalue weighted by Gasteiger charge is 2.48. The van der Waals surface area contributed by atoms with Gasteiger partial charge in [-0.3, -0.25) is 0 Å². The quantitative estimate of drug-likeness (QED) is 0.159. The van der Waals surface area contributed by atoms with Gasteiger partial charge in [-0.2, -0.15) is 0 Å². The van der Waals surface area contributed by atoms with Crippen molar-refractivity contribution >= 4 is 106 Å². The molecule has 0 radical (unpaired) electrons. The van der Waals surface area contributed by atoms with Gasteiger partial charge in [0.05, 0.1) is 5.69 Å². The Labute approximate surface area is 470 Å². The summed E-state index contributed by atoms with van der Waals surface area (Å²) < 4.78 is 2.62. The highest BCUT2D eigenvalue weighted by molar-refractivity contribution is 7.26. The fourth-order valence-corrected chi connectivity index (χ4v) is 15.9. The molecule has 0 fully saturated rings. The monoisotopic (exact) mass is 1040 g/mol. The minimum absolute atomic E-state index is 0.0226. The third kappa shape index (κ3) is 7.78. The lowest BCUT2D eigenvalue weighted by Gasteiger charge is -2.48. The second-order valence-corrected chi connectivity index (χ2v) is 29.7. The van der Waals surface area contributed by atoms with Crippen LogP contribution in [0.3, 0.4) is 0 Å². The van der Waals surface area contributed by atoms with Gasteiger partial charge < -0.3 is 14.7 Å². The molecule has 3 heterocycles. The first-order valence-electron chi connectivity index (χ1n) is 28.9. The van der Waals surface area contributed by atoms with Gasteiger partial charge in [-0.05, 0) is 205 Å². The van der Waals surface area contributed by atoms with Crippen LogP contribution >= 0.6 is 11.3 Å². The fraction of sp³-hybridized carbons (Fsp3) is 0.342. The highest BCUT2D eigenvalue weighted by atomic mass is 32.1. The SMILES string of the molecule is Cc1cc2c3c(c1)N(c1cccc4sc5ccccc5c14)c1cc(N(c4ccc(C(C)(C)C)cc4)c4ccc(C(C)(C)C)cc4)ccc1B3c1cc3c(cc1N2c1cc2c(cc1C)C(C)(C)CC2(C)C)C(C)(C)CCC3(C)C. The van der Waals surface area contributed by atoms with Crippen molar-refractivity contribution in [1.82, 2.24) is 0 Å². The van der Waals surface area contributed by atoms with Gasteiger partial charge in [0.2, 0.25) is 0 Å². The smallest absolute Gasteiger partial charge is 0.252 e. The fourth-order valence-electron chi connectivity index (χ4n) is 14.8. The minimum atomic E-state index is -0.0255. The topological polar surface area (TPSA) is 9.72 Å². The Morgan fingerprint density at radius 3 is 1.55 bits per heavy atom. The zero-order chi connectivity index (χ0) is 55.0. The maximum atomic E-state index is 2.73. The maximum absolute atomic E-state index is 2.73. The Balaban J connectivity index is 1.13. The predicted molar refractivity (Wildman–Crippen MR) is 341 cm³/mol. The Morgan fingerprint density at radius 1 is 0.449 bits per heavy atom. The van der Waals surface area contributed by atoms with Gasteiger partial charge in [0, 0.05) is 65.7 Å². The van der Waals surface area contributed by atoms with Crippen LogP contribution < -0.4 is 31.1 Å². The first-order valence-corrected chi connectivity index (χ1v) is 29.7. The molecule has 0 saturated carbocycles. The van der Waals surface area contributed by atoms with E-state index in [9.17, 15) is 0 Å². The van der Waals surface area contributed by atoms with Gasteiger partial charge in [-0.1, -0.05) is 164 Å². The van der Waals surface area contributed by atoms with E-state index in [2.05, 4.69) is 271 Å². The van der Waals surface area contributed by atoms with Crippen LogP contribution in [0.25, 0.3) is 20.2 Å². The summed E-state index contributed by atoms with van der Waals surface area (Å²) >= 11 is 1.90. The van der Waals surface area contributed by atoms with Crippen molar-refractivity contribution in [3.63, 3.8) is 0 Å². The lowest BCUT2D eigenvalue weighted by molar-refractivity contribution is 0.332. The largest absolute Gasteiger partial charge is 0.311 e. The maximum Gasteiger partial charge on any atom is 0.252 e. The van der Waals surface area contributed by atoms with E-state index in [1.807, 2.05) is 11.3 Å². The molecule has 4 aliphatic rings. The molecule has 0 saturated heterocycles. The summed E-state index contributed by atoms with van der Waals surface area (Å²) in [6, 6.07) is 57.8. The Kier molecular flexibility index (Phi) is 11.1. The van der Waals surface area contributed by atoms with Crippen LogP contribution in [0.2, 0.25) is 0 Å². The normalized spacial score (nSPS) is 17.4. The molecular weight excluding hydrogens is 962 g/mol. The number of hydrogen-bond donors (Lipinski definition) is 0. The standard InChI is InChI=1S/C73H78BN3S/c1-44-36-62-67-63(37-44)77(59-41-55-52(38-45(59)2)72(13,14)43-73(55,15)16)61-42-54-53(70(9,10)34-35-71(54,11)12)40-57(61)74(67)56-33-32-50(39-60(56)76(62)58-21-19-23-65-66(58)51-20-17-18-22-64(51)78-65)75(48-28-24-46(25-29-48)68(3,4)5)49-30-26-47(27-31-49)69(6,7)8/h17-33,36-42H,34-35,43H2,1-16H3. The molecule has 0 bridgehead atoms. The average molecular weight is 1040 g/mol. The number of aryl methyl sites for hydroxylation is 2. The van der Waals surface area contributed by atoms with Gasteiger partial charge in [-0.25, -0.2) is 0 Å². The summed E-state index contributed by atoms with van der Waals surface area (Å²) in [5, 5.41) is 2.61. The van der Waals surface area contributed by atoms with E-state index >= 15 is 0 Å². The molecule has 78 heavy (non-hydrogen) atoms. The van der Waals surface area contributed by atoms with Crippen LogP contribution in [0.15, 0.2) is 146 Å². The van der Waals surface area contributed by atoms with Gasteiger partial charge in [0.15, 0.2) is 0 Å². The molecule has 2 aliphatic heterocycles. The molecule has 0 atom stereocenters. The van der Waals surface area contributed by atoms with E-state index in [4.69, 9.17) is 0 Å². The van der Waals surface area contributed by atoms with Gasteiger partial charge >= 0.3 is 0 Å². The summed E-state index contributed by atoms with van der Waals surface area (Å²) in [6.07, 6.45) is 3.45. The van der Waals surface area contributed by atoms with Crippen molar-refractivity contribution in [3.05, 3.63) is 190 Å². The molecule has 13 rings (SSSR count). The van der Waals surface area contributed by atoms with Crippen LogP contribution in [0.5, 0.6) is 0 Å². The predicted octanol–water partition coefficient (Wildman–Crippen LogP) is 19.1. The van der Waals surface area contributed by atoms with E-state index in [0.29, 0.717) is 0 Å². The van der Waals surface area contributed by atoms with Crippen molar-refractivity contribution in [2.75, 3.05) is 14.7 Å². The lowest BCUT2D eigenvalue weighted by atomic mass is 9.33. The Hall–Kier alpha value is -6.56. The van der Waals surface area contributed by atoms with Gasteiger partial charge in [0.1, 0.15) is 0 Å². The molecule has 8 aromatic carbocycles. The average Bonchev–Trinajstić information content (AvgIpc) is 2.58. The van der Waals surface area contributed by atoms with Crippen LogP contribution in [0.1, 0.15) is 161 Å². The zero-order valence-electron chi connectivity index (χ0n) is 49.3. The number of thiophene rings is 1. The van der Waals surface area contributed by atoms with Crippen LogP contribution in [0.4, 0.5) is 51.2 Å². The molecule has 9 aromatic rings. The first-order chi connectivity index (χ1) is 36.7. The summed E-state index contributed by atoms with van der Waals surface area (Å²) in [5.41, 5.74) is 26.6. The second-order valence-electron chi connectivity index (χ2n) is 28.6. The number of anilines is 9. The third-order valence-corrected chi connectivity index (χ3v) is 20.1. The Morgan fingerprint density at radius 2 is 0.949 bits per heavy atom. The number of benzene rings is 8. The first kappa shape index (κ1) is 50.9. The molecule has 5 heteroatoms. The van der Waals surface area contributed by atoms with Gasteiger partial charge in [0.25, 0.3) is 6.71 Å². The summed E-state index contributed by atoms with van der Waals surface area (Å²) in [6.45, 7) is 38.3. The minimum Gasteiger partial charge on any atom is -0.311 e. The van der Waals surface area contributed by atoms with E-state index in [0.717, 1.165) is 36.3 Å². The van der Waals surface area contributed by atoms with E-state index in [-0.39, 0.29) is 39.2 Å². The molecule has 1 aromatic heterocycles. The van der Waals surface area contributed by atoms with Crippen molar-refractivity contribution in [1.29, 1.82) is 0 Å². The molecule has 0 amide bonds. The highest BCUT2D eigenvalue weighted by Crippen LogP contribution is 2.56. The van der Waals surface area contributed by atoms with Crippen LogP contribution in [-0.2, 0) is 32.5 Å². The van der Waals surface area contributed by atoms with Crippen LogP contribution in [-0.4, -0.2) is 6.71 Å². The summed E-state index contributed by atoms with van der Waals surface area (Å²) in [5.74, 6) is 0. The van der Waals surface area contributed by atoms with Crippen molar-refractivity contribution in [2.24, 2.45) is 0 Å². The van der Waals surface area contributed by atoms with Crippen LogP contribution in [0, 0.1) is 13.8 Å². The van der Waals surface area contributed by atoms with E-state index < -0.39 is 0 Å². The number of rotatable bonds is 5. The molecule has 0 N–H and O–H groups in total. The van der Waals surface area contributed by atoms with Crippen molar-refractivity contribution in [3.8, 4) is 0 Å².